The van der Waals surface area contributed by atoms with Gasteiger partial charge in [0, 0.05) is 24.1 Å². The summed E-state index contributed by atoms with van der Waals surface area (Å²) in [7, 11) is 6.39. The Hall–Kier alpha value is -3.43. The molecule has 0 radical (unpaired) electrons. The van der Waals surface area contributed by atoms with Crippen LogP contribution >= 0.6 is 0 Å². The van der Waals surface area contributed by atoms with Gasteiger partial charge >= 0.3 is 0 Å². The zero-order valence-corrected chi connectivity index (χ0v) is 23.1. The number of ether oxygens (including phenoxy) is 6. The Morgan fingerprint density at radius 3 is 2.18 bits per heavy atom. The van der Waals surface area contributed by atoms with E-state index in [-0.39, 0.29) is 24.3 Å². The number of hydrogen-bond donors (Lipinski definition) is 1. The number of carbonyl (C=O) groups excluding carboxylic acids is 1. The number of rotatable bonds is 13. The molecule has 0 saturated carbocycles. The number of nitrogens with zero attached hydrogens (tertiary/aromatic N) is 1. The average molecular weight is 530 g/mol. The van der Waals surface area contributed by atoms with E-state index in [4.69, 9.17) is 28.4 Å². The Morgan fingerprint density at radius 2 is 1.61 bits per heavy atom. The molecule has 9 nitrogen and oxygen atoms in total. The molecular formula is C29H39NO8. The molecule has 2 aromatic rings. The fourth-order valence-electron chi connectivity index (χ4n) is 4.49. The highest BCUT2D eigenvalue weighted by molar-refractivity contribution is 5.75. The van der Waals surface area contributed by atoms with Crippen molar-refractivity contribution in [1.82, 2.24) is 5.06 Å². The lowest BCUT2D eigenvalue weighted by molar-refractivity contribution is -0.153. The second-order valence-electron chi connectivity index (χ2n) is 8.95. The molecule has 2 unspecified atom stereocenters. The van der Waals surface area contributed by atoms with Crippen LogP contribution in [0.15, 0.2) is 36.5 Å². The van der Waals surface area contributed by atoms with Crippen LogP contribution in [0.3, 0.4) is 0 Å². The molecule has 1 fully saturated rings. The molecule has 0 spiro atoms. The van der Waals surface area contributed by atoms with Crippen molar-refractivity contribution < 1.29 is 38.4 Å². The van der Waals surface area contributed by atoms with Crippen LogP contribution in [0.5, 0.6) is 28.7 Å². The first-order valence-electron chi connectivity index (χ1n) is 12.8. The van der Waals surface area contributed by atoms with Gasteiger partial charge in [-0.1, -0.05) is 26.0 Å². The summed E-state index contributed by atoms with van der Waals surface area (Å²) >= 11 is 0. The van der Waals surface area contributed by atoms with E-state index in [2.05, 4.69) is 6.07 Å². The van der Waals surface area contributed by atoms with Gasteiger partial charge < -0.3 is 28.4 Å². The predicted octanol–water partition coefficient (Wildman–Crippen LogP) is 5.44. The summed E-state index contributed by atoms with van der Waals surface area (Å²) in [5, 5.41) is 10.5. The zero-order valence-electron chi connectivity index (χ0n) is 23.1. The van der Waals surface area contributed by atoms with Gasteiger partial charge in [0.25, 0.3) is 0 Å². The van der Waals surface area contributed by atoms with Gasteiger partial charge in [-0.3, -0.25) is 10.0 Å². The second-order valence-corrected chi connectivity index (χ2v) is 8.95. The van der Waals surface area contributed by atoms with E-state index in [0.717, 1.165) is 29.5 Å². The summed E-state index contributed by atoms with van der Waals surface area (Å²) in [6.07, 6.45) is 5.21. The second kappa shape index (κ2) is 13.9. The van der Waals surface area contributed by atoms with Crippen LogP contribution in [0.2, 0.25) is 0 Å². The van der Waals surface area contributed by atoms with Crippen LogP contribution < -0.4 is 23.7 Å². The van der Waals surface area contributed by atoms with Crippen LogP contribution in [0, 0.1) is 0 Å². The Labute approximate surface area is 224 Å². The summed E-state index contributed by atoms with van der Waals surface area (Å²) in [5.74, 6) is 2.75. The van der Waals surface area contributed by atoms with E-state index in [1.54, 1.807) is 41.4 Å². The van der Waals surface area contributed by atoms with Crippen molar-refractivity contribution in [2.45, 2.75) is 51.6 Å². The van der Waals surface area contributed by atoms with Gasteiger partial charge in [0.1, 0.15) is 0 Å². The predicted molar refractivity (Wildman–Crippen MR) is 143 cm³/mol. The third-order valence-electron chi connectivity index (χ3n) is 6.49. The molecule has 1 aliphatic rings. The fourth-order valence-corrected chi connectivity index (χ4v) is 4.49. The summed E-state index contributed by atoms with van der Waals surface area (Å²) < 4.78 is 34.5. The maximum atomic E-state index is 11.7. The molecular weight excluding hydrogens is 490 g/mol. The van der Waals surface area contributed by atoms with Gasteiger partial charge in [-0.15, -0.1) is 0 Å². The number of benzene rings is 2. The smallest absolute Gasteiger partial charge is 0.249 e. The minimum atomic E-state index is -0.379. The van der Waals surface area contributed by atoms with Crippen molar-refractivity contribution in [2.24, 2.45) is 0 Å². The fraction of sp³-hybridized carbons (Fsp3) is 0.483. The van der Waals surface area contributed by atoms with Gasteiger partial charge in [0.05, 0.1) is 47.8 Å². The summed E-state index contributed by atoms with van der Waals surface area (Å²) in [6, 6.07) is 7.94. The first-order valence-corrected chi connectivity index (χ1v) is 12.8. The van der Waals surface area contributed by atoms with E-state index >= 15 is 0 Å². The maximum absolute atomic E-state index is 11.7. The number of hydrogen-bond acceptors (Lipinski definition) is 8. The largest absolute Gasteiger partial charge is 0.493 e. The standard InChI is InChI=1S/C29H39NO8/c1-7-12-37-28-19(10-9-11-30(32)27(31)8-2)13-20(14-24(28)33-3)22-17-23(38-18-22)21-15-25(34-4)29(36-6)26(16-21)35-5/h9,11,13-16,22-23,32H,7-8,10,12,17-18H2,1-6H3/b11-9+. The SMILES string of the molecule is CCCOc1c(C/C=C/N(O)C(=O)CC)cc(C2COC(c3cc(OC)c(OC)c(OC)c3)C2)cc1OC. The molecule has 1 N–H and O–H groups in total. The van der Waals surface area contributed by atoms with E-state index in [0.29, 0.717) is 53.4 Å². The quantitative estimate of drug-likeness (QED) is 0.271. The molecule has 3 rings (SSSR count). The lowest BCUT2D eigenvalue weighted by Gasteiger charge is -2.19. The molecule has 1 amide bonds. The molecule has 9 heteroatoms. The van der Waals surface area contributed by atoms with Gasteiger partial charge in [-0.05, 0) is 48.6 Å². The monoisotopic (exact) mass is 529 g/mol. The zero-order chi connectivity index (χ0) is 27.7. The number of carbonyl (C=O) groups is 1. The lowest BCUT2D eigenvalue weighted by atomic mass is 9.91. The Kier molecular flexibility index (Phi) is 10.7. The topological polar surface area (TPSA) is 95.9 Å². The molecule has 2 atom stereocenters. The summed E-state index contributed by atoms with van der Waals surface area (Å²) in [6.45, 7) is 4.81. The molecule has 1 aliphatic heterocycles. The number of hydroxylamine groups is 2. The highest BCUT2D eigenvalue weighted by Crippen LogP contribution is 2.46. The first-order chi connectivity index (χ1) is 18.4. The first kappa shape index (κ1) is 29.1. The van der Waals surface area contributed by atoms with E-state index in [1.807, 2.05) is 25.1 Å². The minimum absolute atomic E-state index is 0.118. The van der Waals surface area contributed by atoms with Crippen molar-refractivity contribution in [2.75, 3.05) is 41.7 Å². The van der Waals surface area contributed by atoms with Crippen molar-refractivity contribution >= 4 is 5.91 Å². The van der Waals surface area contributed by atoms with Crippen LogP contribution in [0.4, 0.5) is 0 Å². The minimum Gasteiger partial charge on any atom is -0.493 e. The van der Waals surface area contributed by atoms with Crippen molar-refractivity contribution in [3.05, 3.63) is 53.2 Å². The van der Waals surface area contributed by atoms with Crippen LogP contribution in [0.1, 0.15) is 61.8 Å². The molecule has 1 saturated heterocycles. The number of allylic oxidation sites excluding steroid dienone is 1. The van der Waals surface area contributed by atoms with Crippen molar-refractivity contribution in [1.29, 1.82) is 0 Å². The van der Waals surface area contributed by atoms with E-state index < -0.39 is 0 Å². The Morgan fingerprint density at radius 1 is 0.974 bits per heavy atom. The number of amides is 1. The lowest BCUT2D eigenvalue weighted by Crippen LogP contribution is -2.20. The Balaban J connectivity index is 1.89. The summed E-state index contributed by atoms with van der Waals surface area (Å²) in [4.78, 5) is 11.7. The Bertz CT molecular complexity index is 1090. The van der Waals surface area contributed by atoms with Gasteiger partial charge in [-0.25, -0.2) is 0 Å². The molecule has 0 aromatic heterocycles. The third-order valence-corrected chi connectivity index (χ3v) is 6.49. The molecule has 38 heavy (non-hydrogen) atoms. The molecule has 0 aliphatic carbocycles. The van der Waals surface area contributed by atoms with Gasteiger partial charge in [0.15, 0.2) is 23.0 Å². The van der Waals surface area contributed by atoms with Crippen LogP contribution in [-0.2, 0) is 16.0 Å². The number of methoxy groups -OCH3 is 4. The molecule has 2 aromatic carbocycles. The van der Waals surface area contributed by atoms with Gasteiger partial charge in [-0.2, -0.15) is 5.06 Å². The van der Waals surface area contributed by atoms with Crippen molar-refractivity contribution in [3.8, 4) is 28.7 Å². The molecule has 0 bridgehead atoms. The highest BCUT2D eigenvalue weighted by atomic mass is 16.5. The average Bonchev–Trinajstić information content (AvgIpc) is 3.45. The summed E-state index contributed by atoms with van der Waals surface area (Å²) in [5.41, 5.74) is 2.91. The normalized spacial score (nSPS) is 16.9. The van der Waals surface area contributed by atoms with Crippen LogP contribution in [-0.4, -0.2) is 57.8 Å². The van der Waals surface area contributed by atoms with Gasteiger partial charge in [0.2, 0.25) is 11.7 Å². The third kappa shape index (κ3) is 6.71. The van der Waals surface area contributed by atoms with E-state index in [9.17, 15) is 10.0 Å². The van der Waals surface area contributed by atoms with Crippen molar-refractivity contribution in [3.63, 3.8) is 0 Å². The molecule has 1 heterocycles. The van der Waals surface area contributed by atoms with Crippen LogP contribution in [0.25, 0.3) is 0 Å². The molecule has 208 valence electrons. The maximum Gasteiger partial charge on any atom is 0.249 e. The van der Waals surface area contributed by atoms with E-state index in [1.165, 1.54) is 6.20 Å². The highest BCUT2D eigenvalue weighted by Gasteiger charge is 2.31.